The standard InChI is InChI=1S/C24H17ClF3N3O9S/c1-13(22(32)29-41(2,38)17-7-4-15(5-8-17)30(34)35)39-23(33)18-12-16(6-9-20(18)31(36)37)40-21-10-3-14(11-19(21)25)24(26,27)28/h3-13H,2H2,1H3,(H,29,32,38). The summed E-state index contributed by atoms with van der Waals surface area (Å²) in [5.74, 6) is 0.432. The van der Waals surface area contributed by atoms with Crippen LogP contribution >= 0.6 is 11.6 Å². The summed E-state index contributed by atoms with van der Waals surface area (Å²) in [6, 6.07) is 9.31. The van der Waals surface area contributed by atoms with E-state index in [0.29, 0.717) is 12.1 Å². The third kappa shape index (κ3) is 7.49. The van der Waals surface area contributed by atoms with Crippen molar-refractivity contribution in [3.63, 3.8) is 0 Å². The van der Waals surface area contributed by atoms with Crippen LogP contribution in [0.15, 0.2) is 65.6 Å². The zero-order chi connectivity index (χ0) is 30.7. The second-order valence-corrected chi connectivity index (χ2v) is 10.6. The van der Waals surface area contributed by atoms with E-state index in [2.05, 4.69) is 10.6 Å². The van der Waals surface area contributed by atoms with Crippen LogP contribution in [0.5, 0.6) is 11.5 Å². The van der Waals surface area contributed by atoms with Gasteiger partial charge in [-0.15, -0.1) is 0 Å². The molecule has 17 heteroatoms. The van der Waals surface area contributed by atoms with Crippen LogP contribution < -0.4 is 9.46 Å². The highest BCUT2D eigenvalue weighted by Crippen LogP contribution is 2.37. The molecule has 0 fully saturated rings. The number of non-ortho nitro benzene ring substituents is 1. The summed E-state index contributed by atoms with van der Waals surface area (Å²) in [6.45, 7) is 1.08. The number of esters is 1. The molecular weight excluding hydrogens is 599 g/mol. The molecule has 1 amide bonds. The number of benzene rings is 3. The minimum Gasteiger partial charge on any atom is -0.456 e. The van der Waals surface area contributed by atoms with Crippen LogP contribution in [0.3, 0.4) is 0 Å². The molecule has 2 atom stereocenters. The van der Waals surface area contributed by atoms with E-state index in [1.165, 1.54) is 0 Å². The molecule has 3 rings (SSSR count). The lowest BCUT2D eigenvalue weighted by atomic mass is 10.1. The Kier molecular flexibility index (Phi) is 8.88. The van der Waals surface area contributed by atoms with E-state index in [4.69, 9.17) is 21.1 Å². The van der Waals surface area contributed by atoms with Crippen molar-refractivity contribution in [1.82, 2.24) is 4.72 Å². The average molecular weight is 616 g/mol. The Bertz CT molecular complexity index is 1650. The van der Waals surface area contributed by atoms with Crippen molar-refractivity contribution in [2.45, 2.75) is 24.1 Å². The number of nitrogens with zero attached hydrogens (tertiary/aromatic N) is 2. The lowest BCUT2D eigenvalue weighted by Gasteiger charge is -2.17. The summed E-state index contributed by atoms with van der Waals surface area (Å²) in [7, 11) is -3.55. The summed E-state index contributed by atoms with van der Waals surface area (Å²) in [4.78, 5) is 45.9. The number of ether oxygens (including phenoxy) is 2. The number of hydrogen-bond acceptors (Lipinski definition) is 9. The molecule has 0 saturated carbocycles. The molecule has 0 bridgehead atoms. The fourth-order valence-corrected chi connectivity index (χ4v) is 4.56. The van der Waals surface area contributed by atoms with Crippen molar-refractivity contribution < 1.29 is 46.3 Å². The zero-order valence-corrected chi connectivity index (χ0v) is 22.1. The largest absolute Gasteiger partial charge is 0.456 e. The Morgan fingerprint density at radius 1 is 1.02 bits per heavy atom. The SMILES string of the molecule is C=S(=O)(NC(=O)C(C)OC(=O)c1cc(Oc2ccc(C(F)(F)F)cc2Cl)ccc1[N+](=O)[O-])c1ccc([N+](=O)[O-])cc1. The number of nitrogens with one attached hydrogen (secondary N) is 1. The summed E-state index contributed by atoms with van der Waals surface area (Å²) in [5.41, 5.74) is -2.78. The van der Waals surface area contributed by atoms with E-state index in [9.17, 15) is 47.2 Å². The predicted molar refractivity (Wildman–Crippen MR) is 139 cm³/mol. The predicted octanol–water partition coefficient (Wildman–Crippen LogP) is 5.32. The van der Waals surface area contributed by atoms with Gasteiger partial charge in [0.25, 0.3) is 17.3 Å². The maximum atomic E-state index is 12.9. The number of alkyl halides is 3. The molecule has 0 saturated heterocycles. The van der Waals surface area contributed by atoms with Crippen LogP contribution in [0, 0.1) is 20.2 Å². The molecule has 0 aromatic heterocycles. The van der Waals surface area contributed by atoms with Gasteiger partial charge in [0.1, 0.15) is 17.1 Å². The van der Waals surface area contributed by atoms with Crippen molar-refractivity contribution in [3.8, 4) is 11.5 Å². The molecule has 1 N–H and O–H groups in total. The van der Waals surface area contributed by atoms with Crippen molar-refractivity contribution in [3.05, 3.63) is 97.0 Å². The Hall–Kier alpha value is -4.70. The first-order valence-corrected chi connectivity index (χ1v) is 13.1. The van der Waals surface area contributed by atoms with E-state index in [1.54, 1.807) is 0 Å². The van der Waals surface area contributed by atoms with Crippen LogP contribution in [0.1, 0.15) is 22.8 Å². The highest BCUT2D eigenvalue weighted by Gasteiger charge is 2.31. The monoisotopic (exact) mass is 615 g/mol. The number of nitro benzene ring substituents is 2. The molecule has 216 valence electrons. The van der Waals surface area contributed by atoms with Crippen LogP contribution in [0.4, 0.5) is 24.5 Å². The number of rotatable bonds is 9. The smallest absolute Gasteiger partial charge is 0.416 e. The van der Waals surface area contributed by atoms with Gasteiger partial charge in [-0.1, -0.05) is 11.6 Å². The van der Waals surface area contributed by atoms with Gasteiger partial charge in [0.15, 0.2) is 6.10 Å². The molecule has 41 heavy (non-hydrogen) atoms. The molecule has 0 aliphatic carbocycles. The molecular formula is C24H17ClF3N3O9S. The number of carbonyl (C=O) groups is 2. The molecule has 0 aliphatic heterocycles. The average Bonchev–Trinajstić information content (AvgIpc) is 2.88. The highest BCUT2D eigenvalue weighted by molar-refractivity contribution is 7.99. The van der Waals surface area contributed by atoms with Crippen molar-refractivity contribution in [2.24, 2.45) is 0 Å². The van der Waals surface area contributed by atoms with Gasteiger partial charge in [0, 0.05) is 24.3 Å². The van der Waals surface area contributed by atoms with Crippen molar-refractivity contribution in [2.75, 3.05) is 0 Å². The number of nitro groups is 2. The van der Waals surface area contributed by atoms with Crippen LogP contribution in [0.2, 0.25) is 5.02 Å². The van der Waals surface area contributed by atoms with E-state index < -0.39 is 65.5 Å². The third-order valence-electron chi connectivity index (χ3n) is 5.22. The molecule has 2 unspecified atom stereocenters. The van der Waals surface area contributed by atoms with Gasteiger partial charge < -0.3 is 9.47 Å². The third-order valence-corrected chi connectivity index (χ3v) is 7.08. The minimum absolute atomic E-state index is 0.0719. The molecule has 3 aromatic rings. The van der Waals surface area contributed by atoms with Gasteiger partial charge >= 0.3 is 12.1 Å². The van der Waals surface area contributed by atoms with E-state index in [1.807, 2.05) is 0 Å². The normalized spacial score (nSPS) is 13.4. The zero-order valence-electron chi connectivity index (χ0n) is 20.5. The first-order chi connectivity index (χ1) is 19.0. The number of halogens is 4. The maximum absolute atomic E-state index is 12.9. The van der Waals surface area contributed by atoms with Crippen LogP contribution in [0.25, 0.3) is 0 Å². The fourth-order valence-electron chi connectivity index (χ4n) is 3.16. The van der Waals surface area contributed by atoms with Crippen molar-refractivity contribution >= 4 is 50.4 Å². The molecule has 0 radical (unpaired) electrons. The van der Waals surface area contributed by atoms with Gasteiger partial charge in [-0.3, -0.25) is 29.7 Å². The first-order valence-electron chi connectivity index (χ1n) is 11.0. The summed E-state index contributed by atoms with van der Waals surface area (Å²) >= 11 is 5.86. The van der Waals surface area contributed by atoms with Gasteiger partial charge in [-0.2, -0.15) is 13.2 Å². The summed E-state index contributed by atoms with van der Waals surface area (Å²) in [5, 5.41) is 21.8. The van der Waals surface area contributed by atoms with Gasteiger partial charge in [0.2, 0.25) is 0 Å². The quantitative estimate of drug-likeness (QED) is 0.145. The molecule has 0 heterocycles. The highest BCUT2D eigenvalue weighted by atomic mass is 35.5. The van der Waals surface area contributed by atoms with Crippen LogP contribution in [-0.4, -0.2) is 37.9 Å². The maximum Gasteiger partial charge on any atom is 0.416 e. The van der Waals surface area contributed by atoms with E-state index >= 15 is 0 Å². The molecule has 3 aromatic carbocycles. The van der Waals surface area contributed by atoms with Crippen molar-refractivity contribution in [1.29, 1.82) is 0 Å². The number of amides is 1. The van der Waals surface area contributed by atoms with Gasteiger partial charge in [0.05, 0.1) is 35.0 Å². The fraction of sp³-hybridized carbons (Fsp3) is 0.125. The molecule has 12 nitrogen and oxygen atoms in total. The second-order valence-electron chi connectivity index (χ2n) is 8.12. The van der Waals surface area contributed by atoms with Gasteiger partial charge in [-0.25, -0.2) is 9.00 Å². The lowest BCUT2D eigenvalue weighted by Crippen LogP contribution is -2.39. The summed E-state index contributed by atoms with van der Waals surface area (Å²) < 4.78 is 64.0. The number of carbonyl (C=O) groups excluding carboxylic acids is 2. The van der Waals surface area contributed by atoms with Crippen LogP contribution in [-0.2, 0) is 25.4 Å². The molecule has 0 spiro atoms. The van der Waals surface area contributed by atoms with E-state index in [-0.39, 0.29) is 22.1 Å². The Labute approximate surface area is 234 Å². The molecule has 0 aliphatic rings. The Morgan fingerprint density at radius 3 is 2.20 bits per heavy atom. The number of hydrogen-bond donors (Lipinski definition) is 1. The summed E-state index contributed by atoms with van der Waals surface area (Å²) in [6.07, 6.45) is -6.32. The second kappa shape index (κ2) is 11.8. The minimum atomic E-state index is -4.67. The van der Waals surface area contributed by atoms with Gasteiger partial charge in [-0.05, 0) is 49.2 Å². The topological polar surface area (TPSA) is 168 Å². The first kappa shape index (κ1) is 30.8. The lowest BCUT2D eigenvalue weighted by molar-refractivity contribution is -0.385. The Morgan fingerprint density at radius 2 is 1.66 bits per heavy atom. The van der Waals surface area contributed by atoms with E-state index in [0.717, 1.165) is 55.5 Å². The Balaban J connectivity index is 1.79.